The maximum Gasteiger partial charge on any atom is 0.264 e. The largest absolute Gasteiger partial charge is 0.344 e. The highest BCUT2D eigenvalue weighted by Crippen LogP contribution is 2.28. The van der Waals surface area contributed by atoms with E-state index in [-0.39, 0.29) is 11.4 Å². The number of carbonyl (C=O) groups excluding carboxylic acids is 1. The highest BCUT2D eigenvalue weighted by molar-refractivity contribution is 7.92. The van der Waals surface area contributed by atoms with E-state index in [9.17, 15) is 13.2 Å². The lowest BCUT2D eigenvalue weighted by Gasteiger charge is -2.27. The molecule has 0 saturated carbocycles. The predicted octanol–water partition coefficient (Wildman–Crippen LogP) is 5.71. The molecule has 0 aliphatic heterocycles. The molecule has 4 aromatic carbocycles. The Labute approximate surface area is 213 Å². The average Bonchev–Trinajstić information content (AvgIpc) is 2.87. The van der Waals surface area contributed by atoms with Crippen molar-refractivity contribution < 1.29 is 13.2 Å². The molecule has 0 spiro atoms. The van der Waals surface area contributed by atoms with Crippen molar-refractivity contribution >= 4 is 21.6 Å². The topological polar surface area (TPSA) is 66.5 Å². The summed E-state index contributed by atoms with van der Waals surface area (Å²) in [6.07, 6.45) is 0. The lowest BCUT2D eigenvalue weighted by Crippen LogP contribution is -2.42. The molecule has 6 heteroatoms. The molecule has 0 saturated heterocycles. The quantitative estimate of drug-likeness (QED) is 0.338. The molecule has 1 atom stereocenters. The minimum absolute atomic E-state index is 0.141. The van der Waals surface area contributed by atoms with Gasteiger partial charge in [-0.2, -0.15) is 0 Å². The predicted molar refractivity (Wildman–Crippen MR) is 144 cm³/mol. The van der Waals surface area contributed by atoms with E-state index in [1.165, 1.54) is 4.31 Å². The van der Waals surface area contributed by atoms with E-state index in [0.717, 1.165) is 27.8 Å². The first kappa shape index (κ1) is 25.2. The molecule has 5 nitrogen and oxygen atoms in total. The second kappa shape index (κ2) is 10.8. The Morgan fingerprint density at radius 1 is 0.750 bits per heavy atom. The molecule has 0 aliphatic rings. The van der Waals surface area contributed by atoms with Crippen LogP contribution in [0.2, 0.25) is 0 Å². The molecule has 1 amide bonds. The number of nitrogens with zero attached hydrogens (tertiary/aromatic N) is 1. The second-order valence-corrected chi connectivity index (χ2v) is 10.8. The summed E-state index contributed by atoms with van der Waals surface area (Å²) in [5, 5.41) is 3.08. The monoisotopic (exact) mass is 498 g/mol. The van der Waals surface area contributed by atoms with Crippen molar-refractivity contribution in [2.45, 2.75) is 31.7 Å². The van der Waals surface area contributed by atoms with Crippen LogP contribution in [0.3, 0.4) is 0 Å². The highest BCUT2D eigenvalue weighted by Gasteiger charge is 2.29. The molecular weight excluding hydrogens is 468 g/mol. The molecule has 1 N–H and O–H groups in total. The summed E-state index contributed by atoms with van der Waals surface area (Å²) in [5.74, 6) is -0.399. The summed E-state index contributed by atoms with van der Waals surface area (Å²) in [6.45, 7) is 5.39. The summed E-state index contributed by atoms with van der Waals surface area (Å²) >= 11 is 0. The van der Waals surface area contributed by atoms with Gasteiger partial charge in [-0.25, -0.2) is 8.42 Å². The van der Waals surface area contributed by atoms with E-state index < -0.39 is 22.0 Å². The summed E-state index contributed by atoms with van der Waals surface area (Å²) in [4.78, 5) is 13.6. The molecule has 0 aliphatic carbocycles. The van der Waals surface area contributed by atoms with Gasteiger partial charge in [-0.05, 0) is 55.7 Å². The zero-order valence-corrected chi connectivity index (χ0v) is 21.5. The van der Waals surface area contributed by atoms with Crippen LogP contribution >= 0.6 is 0 Å². The number of para-hydroxylation sites is 1. The Bertz CT molecular complexity index is 1450. The molecule has 4 rings (SSSR count). The fourth-order valence-electron chi connectivity index (χ4n) is 4.17. The van der Waals surface area contributed by atoms with Gasteiger partial charge in [-0.3, -0.25) is 9.10 Å². The van der Waals surface area contributed by atoms with E-state index in [0.29, 0.717) is 5.69 Å². The van der Waals surface area contributed by atoms with Crippen molar-refractivity contribution in [3.63, 3.8) is 0 Å². The number of benzene rings is 4. The Morgan fingerprint density at radius 2 is 1.39 bits per heavy atom. The third kappa shape index (κ3) is 5.66. The van der Waals surface area contributed by atoms with Gasteiger partial charge in [-0.15, -0.1) is 0 Å². The molecule has 0 radical (unpaired) electrons. The number of amides is 1. The second-order valence-electron chi connectivity index (χ2n) is 8.94. The molecule has 0 heterocycles. The van der Waals surface area contributed by atoms with Gasteiger partial charge in [0.25, 0.3) is 10.0 Å². The average molecular weight is 499 g/mol. The Morgan fingerprint density at radius 3 is 2.06 bits per heavy atom. The molecule has 0 aromatic heterocycles. The van der Waals surface area contributed by atoms with E-state index >= 15 is 0 Å². The lowest BCUT2D eigenvalue weighted by atomic mass is 9.97. The van der Waals surface area contributed by atoms with Crippen LogP contribution in [0.15, 0.2) is 108 Å². The maximum atomic E-state index is 13.7. The van der Waals surface area contributed by atoms with E-state index in [1.54, 1.807) is 36.4 Å². The summed E-state index contributed by atoms with van der Waals surface area (Å²) in [7, 11) is -3.99. The fraction of sp³-hybridized carbons (Fsp3) is 0.167. The molecule has 36 heavy (non-hydrogen) atoms. The number of carbonyl (C=O) groups is 1. The first-order valence-corrected chi connectivity index (χ1v) is 13.3. The van der Waals surface area contributed by atoms with Crippen LogP contribution in [0.5, 0.6) is 0 Å². The van der Waals surface area contributed by atoms with Crippen molar-refractivity contribution in [3.8, 4) is 0 Å². The van der Waals surface area contributed by atoms with Crippen LogP contribution in [0.1, 0.15) is 33.9 Å². The van der Waals surface area contributed by atoms with Crippen LogP contribution in [-0.2, 0) is 14.8 Å². The standard InChI is InChI=1S/C30H30N2O3S/c1-22-16-18-27(19-17-22)36(34,35)32(28-15-8-7-11-24(28)3)21-29(33)31-30(25-12-5-4-6-13-25)26-14-9-10-23(2)20-26/h4-20,30H,21H2,1-3H3,(H,31,33). The minimum atomic E-state index is -3.99. The minimum Gasteiger partial charge on any atom is -0.344 e. The summed E-state index contributed by atoms with van der Waals surface area (Å²) in [5.41, 5.74) is 5.11. The van der Waals surface area contributed by atoms with E-state index in [1.807, 2.05) is 87.5 Å². The van der Waals surface area contributed by atoms with Crippen LogP contribution in [0.4, 0.5) is 5.69 Å². The molecule has 0 fully saturated rings. The number of nitrogens with one attached hydrogen (secondary N) is 1. The van der Waals surface area contributed by atoms with Crippen LogP contribution in [0, 0.1) is 20.8 Å². The van der Waals surface area contributed by atoms with Gasteiger partial charge < -0.3 is 5.32 Å². The van der Waals surface area contributed by atoms with Gasteiger partial charge in [0.1, 0.15) is 6.54 Å². The number of aryl methyl sites for hydroxylation is 3. The van der Waals surface area contributed by atoms with Crippen molar-refractivity contribution in [1.82, 2.24) is 5.32 Å². The normalized spacial score (nSPS) is 12.1. The summed E-state index contributed by atoms with van der Waals surface area (Å²) in [6, 6.07) is 31.1. The molecular formula is C30H30N2O3S. The van der Waals surface area contributed by atoms with Gasteiger partial charge in [0.05, 0.1) is 16.6 Å². The number of hydrogen-bond donors (Lipinski definition) is 1. The van der Waals surface area contributed by atoms with Crippen LogP contribution in [0.25, 0.3) is 0 Å². The summed E-state index contributed by atoms with van der Waals surface area (Å²) < 4.78 is 28.7. The molecule has 4 aromatic rings. The van der Waals surface area contributed by atoms with Crippen LogP contribution < -0.4 is 9.62 Å². The van der Waals surface area contributed by atoms with E-state index in [2.05, 4.69) is 5.32 Å². The van der Waals surface area contributed by atoms with Gasteiger partial charge in [-0.1, -0.05) is 96.1 Å². The van der Waals surface area contributed by atoms with Crippen molar-refractivity contribution in [2.75, 3.05) is 10.8 Å². The number of anilines is 1. The first-order chi connectivity index (χ1) is 17.3. The number of sulfonamides is 1. The highest BCUT2D eigenvalue weighted by atomic mass is 32.2. The number of rotatable bonds is 8. The Hall–Kier alpha value is -3.90. The van der Waals surface area contributed by atoms with Gasteiger partial charge in [0, 0.05) is 0 Å². The smallest absolute Gasteiger partial charge is 0.264 e. The molecule has 1 unspecified atom stereocenters. The van der Waals surface area contributed by atoms with Crippen molar-refractivity contribution in [1.29, 1.82) is 0 Å². The van der Waals surface area contributed by atoms with Gasteiger partial charge in [0.15, 0.2) is 0 Å². The molecule has 184 valence electrons. The first-order valence-electron chi connectivity index (χ1n) is 11.8. The zero-order valence-electron chi connectivity index (χ0n) is 20.7. The number of hydrogen-bond acceptors (Lipinski definition) is 3. The van der Waals surface area contributed by atoms with E-state index in [4.69, 9.17) is 0 Å². The van der Waals surface area contributed by atoms with Gasteiger partial charge in [0.2, 0.25) is 5.91 Å². The molecule has 0 bridgehead atoms. The van der Waals surface area contributed by atoms with Gasteiger partial charge >= 0.3 is 0 Å². The third-order valence-electron chi connectivity index (χ3n) is 6.09. The lowest BCUT2D eigenvalue weighted by molar-refractivity contribution is -0.120. The fourth-order valence-corrected chi connectivity index (χ4v) is 5.66. The maximum absolute atomic E-state index is 13.7. The SMILES string of the molecule is Cc1ccc(S(=O)(=O)N(CC(=O)NC(c2ccccc2)c2cccc(C)c2)c2ccccc2C)cc1. The van der Waals surface area contributed by atoms with Crippen LogP contribution in [-0.4, -0.2) is 20.9 Å². The Kier molecular flexibility index (Phi) is 7.55. The zero-order chi connectivity index (χ0) is 25.7. The van der Waals surface area contributed by atoms with Crippen molar-refractivity contribution in [2.24, 2.45) is 0 Å². The van der Waals surface area contributed by atoms with Crippen molar-refractivity contribution in [3.05, 3.63) is 131 Å². The Balaban J connectivity index is 1.70. The third-order valence-corrected chi connectivity index (χ3v) is 7.87.